The maximum Gasteiger partial charge on any atom is 0.338 e. The van der Waals surface area contributed by atoms with Gasteiger partial charge in [-0.3, -0.25) is 19.2 Å². The van der Waals surface area contributed by atoms with Gasteiger partial charge in [0.15, 0.2) is 5.78 Å². The second kappa shape index (κ2) is 11.3. The van der Waals surface area contributed by atoms with Crippen molar-refractivity contribution in [3.63, 3.8) is 0 Å². The van der Waals surface area contributed by atoms with Crippen molar-refractivity contribution < 1.29 is 28.7 Å². The van der Waals surface area contributed by atoms with Crippen molar-refractivity contribution in [3.05, 3.63) is 100 Å². The van der Waals surface area contributed by atoms with E-state index in [0.29, 0.717) is 22.5 Å². The number of hydrogen-bond donors (Lipinski definition) is 2. The number of anilines is 3. The summed E-state index contributed by atoms with van der Waals surface area (Å²) in [6.45, 7) is 4.87. The van der Waals surface area contributed by atoms with Crippen LogP contribution in [0.25, 0.3) is 0 Å². The number of ether oxygens (including phenoxy) is 1. The van der Waals surface area contributed by atoms with Gasteiger partial charge in [-0.1, -0.05) is 29.8 Å². The highest BCUT2D eigenvalue weighted by atomic mass is 35.5. The monoisotopic (exact) mass is 545 g/mol. The van der Waals surface area contributed by atoms with E-state index in [2.05, 4.69) is 10.6 Å². The SMILES string of the molecule is CC(=O)c1cccc(NC(=O)c2ccc(NC3=C(Cl)C(=O)N(c4cccc(C(=O)OC(C)C)c4)C3=O)cc2)c1. The van der Waals surface area contributed by atoms with E-state index in [1.807, 2.05) is 0 Å². The third kappa shape index (κ3) is 6.05. The lowest BCUT2D eigenvalue weighted by Crippen LogP contribution is -2.32. The lowest BCUT2D eigenvalue weighted by molar-refractivity contribution is -0.120. The van der Waals surface area contributed by atoms with Crippen LogP contribution in [-0.4, -0.2) is 35.6 Å². The number of imide groups is 1. The Kier molecular flexibility index (Phi) is 7.92. The zero-order valence-electron chi connectivity index (χ0n) is 21.3. The molecule has 10 heteroatoms. The van der Waals surface area contributed by atoms with Gasteiger partial charge in [0.05, 0.1) is 17.4 Å². The van der Waals surface area contributed by atoms with Crippen LogP contribution in [-0.2, 0) is 14.3 Å². The summed E-state index contributed by atoms with van der Waals surface area (Å²) >= 11 is 6.22. The fourth-order valence-electron chi connectivity index (χ4n) is 3.77. The number of Topliss-reactive ketones (excluding diaryl/α,β-unsaturated/α-hetero) is 1. The minimum atomic E-state index is -0.748. The third-order valence-electron chi connectivity index (χ3n) is 5.65. The van der Waals surface area contributed by atoms with E-state index >= 15 is 0 Å². The molecule has 9 nitrogen and oxygen atoms in total. The molecule has 3 amide bonds. The third-order valence-corrected chi connectivity index (χ3v) is 6.00. The van der Waals surface area contributed by atoms with Crippen molar-refractivity contribution in [3.8, 4) is 0 Å². The molecule has 198 valence electrons. The Morgan fingerprint density at radius 2 is 1.49 bits per heavy atom. The quantitative estimate of drug-likeness (QED) is 0.228. The van der Waals surface area contributed by atoms with Crippen molar-refractivity contribution in [2.75, 3.05) is 15.5 Å². The molecular weight excluding hydrogens is 522 g/mol. The molecule has 3 aromatic rings. The molecule has 1 aliphatic rings. The maximum absolute atomic E-state index is 13.1. The van der Waals surface area contributed by atoms with Crippen molar-refractivity contribution in [1.29, 1.82) is 0 Å². The summed E-state index contributed by atoms with van der Waals surface area (Å²) in [7, 11) is 0. The highest BCUT2D eigenvalue weighted by molar-refractivity contribution is 6.53. The van der Waals surface area contributed by atoms with Crippen molar-refractivity contribution in [2.45, 2.75) is 26.9 Å². The van der Waals surface area contributed by atoms with Crippen molar-refractivity contribution >= 4 is 58.1 Å². The minimum absolute atomic E-state index is 0.116. The second-order valence-electron chi connectivity index (χ2n) is 8.93. The van der Waals surface area contributed by atoms with Gasteiger partial charge >= 0.3 is 5.97 Å². The van der Waals surface area contributed by atoms with Crippen LogP contribution in [0.1, 0.15) is 51.8 Å². The van der Waals surface area contributed by atoms with Gasteiger partial charge < -0.3 is 15.4 Å². The number of nitrogens with zero attached hydrogens (tertiary/aromatic N) is 1. The molecule has 0 spiro atoms. The van der Waals surface area contributed by atoms with Crippen LogP contribution < -0.4 is 15.5 Å². The highest BCUT2D eigenvalue weighted by Gasteiger charge is 2.39. The lowest BCUT2D eigenvalue weighted by atomic mass is 10.1. The molecule has 0 atom stereocenters. The largest absolute Gasteiger partial charge is 0.459 e. The number of carbonyl (C=O) groups is 5. The number of rotatable bonds is 8. The van der Waals surface area contributed by atoms with Crippen molar-refractivity contribution in [2.24, 2.45) is 0 Å². The Morgan fingerprint density at radius 3 is 2.15 bits per heavy atom. The smallest absolute Gasteiger partial charge is 0.338 e. The van der Waals surface area contributed by atoms with E-state index in [4.69, 9.17) is 16.3 Å². The first-order chi connectivity index (χ1) is 18.5. The van der Waals surface area contributed by atoms with E-state index in [1.54, 1.807) is 50.2 Å². The zero-order valence-corrected chi connectivity index (χ0v) is 22.0. The average Bonchev–Trinajstić information content (AvgIpc) is 3.11. The topological polar surface area (TPSA) is 122 Å². The molecular formula is C29H24ClN3O6. The summed E-state index contributed by atoms with van der Waals surface area (Å²) in [5.74, 6) is -2.55. The number of hydrogen-bond acceptors (Lipinski definition) is 7. The summed E-state index contributed by atoms with van der Waals surface area (Å²) in [5.41, 5.74) is 1.90. The Bertz CT molecular complexity index is 1530. The Balaban J connectivity index is 1.47. The van der Waals surface area contributed by atoms with Gasteiger partial charge in [-0.2, -0.15) is 0 Å². The second-order valence-corrected chi connectivity index (χ2v) is 9.31. The van der Waals surface area contributed by atoms with Crippen LogP contribution in [0.5, 0.6) is 0 Å². The van der Waals surface area contributed by atoms with Crippen LogP contribution in [0.2, 0.25) is 0 Å². The van der Waals surface area contributed by atoms with E-state index in [0.717, 1.165) is 4.90 Å². The Labute approximate surface area is 229 Å². The van der Waals surface area contributed by atoms with Crippen molar-refractivity contribution in [1.82, 2.24) is 0 Å². The molecule has 0 saturated heterocycles. The summed E-state index contributed by atoms with van der Waals surface area (Å²) in [5, 5.41) is 5.26. The predicted octanol–water partition coefficient (Wildman–Crippen LogP) is 5.14. The van der Waals surface area contributed by atoms with Gasteiger partial charge in [0.1, 0.15) is 10.7 Å². The molecule has 0 aliphatic carbocycles. The molecule has 0 unspecified atom stereocenters. The molecule has 39 heavy (non-hydrogen) atoms. The minimum Gasteiger partial charge on any atom is -0.459 e. The van der Waals surface area contributed by atoms with Gasteiger partial charge in [-0.05, 0) is 75.4 Å². The molecule has 1 heterocycles. The number of amides is 3. The summed E-state index contributed by atoms with van der Waals surface area (Å²) in [6.07, 6.45) is -0.335. The Hall–Kier alpha value is -4.76. The van der Waals surface area contributed by atoms with Crippen LogP contribution in [0, 0.1) is 0 Å². The number of esters is 1. The standard InChI is InChI=1S/C29H24ClN3O6/c1-16(2)39-29(38)20-7-5-9-23(15-20)33-27(36)24(30)25(28(33)37)31-21-12-10-18(11-13-21)26(35)32-22-8-4-6-19(14-22)17(3)34/h4-16,31H,1-3H3,(H,32,35). The number of benzene rings is 3. The molecule has 0 fully saturated rings. The van der Waals surface area contributed by atoms with E-state index in [9.17, 15) is 24.0 Å². The fraction of sp³-hybridized carbons (Fsp3) is 0.138. The number of ketones is 1. The summed E-state index contributed by atoms with van der Waals surface area (Å²) in [6, 6.07) is 18.7. The predicted molar refractivity (Wildman–Crippen MR) is 147 cm³/mol. The van der Waals surface area contributed by atoms with Crippen LogP contribution >= 0.6 is 11.6 Å². The Morgan fingerprint density at radius 1 is 0.821 bits per heavy atom. The molecule has 0 radical (unpaired) electrons. The van der Waals surface area contributed by atoms with Gasteiger partial charge in [0.2, 0.25) is 0 Å². The zero-order chi connectivity index (χ0) is 28.3. The normalized spacial score (nSPS) is 13.1. The first-order valence-electron chi connectivity index (χ1n) is 11.9. The number of nitrogens with one attached hydrogen (secondary N) is 2. The molecule has 0 saturated carbocycles. The lowest BCUT2D eigenvalue weighted by Gasteiger charge is -2.16. The number of carbonyl (C=O) groups excluding carboxylic acids is 5. The van der Waals surface area contributed by atoms with E-state index in [1.165, 1.54) is 43.3 Å². The van der Waals surface area contributed by atoms with Gasteiger partial charge in [0.25, 0.3) is 17.7 Å². The highest BCUT2D eigenvalue weighted by Crippen LogP contribution is 2.31. The van der Waals surface area contributed by atoms with Crippen LogP contribution in [0.15, 0.2) is 83.5 Å². The average molecular weight is 546 g/mol. The fourth-order valence-corrected chi connectivity index (χ4v) is 3.98. The molecule has 0 bridgehead atoms. The van der Waals surface area contributed by atoms with E-state index < -0.39 is 23.7 Å². The van der Waals surface area contributed by atoms with Gasteiger partial charge in [-0.15, -0.1) is 0 Å². The van der Waals surface area contributed by atoms with Crippen LogP contribution in [0.4, 0.5) is 17.1 Å². The first kappa shape index (κ1) is 27.3. The maximum atomic E-state index is 13.1. The molecule has 1 aliphatic heterocycles. The molecule has 4 rings (SSSR count). The van der Waals surface area contributed by atoms with E-state index in [-0.39, 0.29) is 33.9 Å². The molecule has 0 aromatic heterocycles. The number of halogens is 1. The van der Waals surface area contributed by atoms with Crippen LogP contribution in [0.3, 0.4) is 0 Å². The first-order valence-corrected chi connectivity index (χ1v) is 12.3. The van der Waals surface area contributed by atoms with Gasteiger partial charge in [0, 0.05) is 22.5 Å². The summed E-state index contributed by atoms with van der Waals surface area (Å²) < 4.78 is 5.18. The molecule has 3 aromatic carbocycles. The van der Waals surface area contributed by atoms with Gasteiger partial charge in [-0.25, -0.2) is 9.69 Å². The molecule has 2 N–H and O–H groups in total. The summed E-state index contributed by atoms with van der Waals surface area (Å²) in [4.78, 5) is 63.4.